The van der Waals surface area contributed by atoms with Crippen LogP contribution in [0.3, 0.4) is 0 Å². The summed E-state index contributed by atoms with van der Waals surface area (Å²) in [6.45, 7) is 4.51. The number of hydrogen-bond donors (Lipinski definition) is 3. The number of hydrogen-bond acceptors (Lipinski definition) is 7. The molecule has 1 aromatic heterocycles. The highest BCUT2D eigenvalue weighted by Gasteiger charge is 2.23. The van der Waals surface area contributed by atoms with Gasteiger partial charge in [0.25, 0.3) is 0 Å². The Kier molecular flexibility index (Phi) is 9.55. The molecule has 0 spiro atoms. The van der Waals surface area contributed by atoms with E-state index < -0.39 is 12.2 Å². The van der Waals surface area contributed by atoms with Crippen LogP contribution in [-0.2, 0) is 18.6 Å². The third-order valence-electron chi connectivity index (χ3n) is 5.54. The maximum atomic E-state index is 10.3. The Balaban J connectivity index is 1.57. The molecular weight excluding hydrogens is 569 g/mol. The molecule has 0 saturated carbocycles. The van der Waals surface area contributed by atoms with E-state index in [1.54, 1.807) is 0 Å². The van der Waals surface area contributed by atoms with Crippen LogP contribution < -0.4 is 9.47 Å². The van der Waals surface area contributed by atoms with Crippen LogP contribution in [0.5, 0.6) is 11.5 Å². The summed E-state index contributed by atoms with van der Waals surface area (Å²) in [7, 11) is 0. The van der Waals surface area contributed by atoms with Gasteiger partial charge in [-0.1, -0.05) is 43.3 Å². The molecule has 0 amide bonds. The molecule has 0 radical (unpaired) electrons. The average molecular weight is 598 g/mol. The monoisotopic (exact) mass is 597 g/mol. The molecule has 2 atom stereocenters. The van der Waals surface area contributed by atoms with Gasteiger partial charge in [-0.25, -0.2) is 4.68 Å². The Labute approximate surface area is 217 Å². The number of alkyl halides is 1. The minimum Gasteiger partial charge on any atom is -0.491 e. The molecule has 3 N–H and O–H groups in total. The second-order valence-corrected chi connectivity index (χ2v) is 9.76. The number of rotatable bonds is 12. The number of aromatic nitrogens is 3. The molecule has 0 unspecified atom stereocenters. The van der Waals surface area contributed by atoms with Crippen molar-refractivity contribution in [1.29, 1.82) is 0 Å². The summed E-state index contributed by atoms with van der Waals surface area (Å²) in [5.74, 6) is 1.46. The first-order chi connectivity index (χ1) is 16.2. The number of halogens is 2. The van der Waals surface area contributed by atoms with Gasteiger partial charge in [0.15, 0.2) is 0 Å². The first-order valence-electron chi connectivity index (χ1n) is 10.8. The second kappa shape index (κ2) is 12.2. The maximum absolute atomic E-state index is 10.3. The van der Waals surface area contributed by atoms with E-state index in [0.29, 0.717) is 20.9 Å². The number of aliphatic hydroxyl groups excluding tert-OH is 3. The lowest BCUT2D eigenvalue weighted by molar-refractivity contribution is 0.0866. The Morgan fingerprint density at radius 1 is 0.941 bits per heavy atom. The highest BCUT2D eigenvalue weighted by molar-refractivity contribution is 14.1. The number of aliphatic hydroxyl groups is 3. The number of nitrogens with zero attached hydrogens (tertiary/aromatic N) is 3. The Morgan fingerprint density at radius 3 is 1.91 bits per heavy atom. The predicted octanol–water partition coefficient (Wildman–Crippen LogP) is 3.12. The van der Waals surface area contributed by atoms with E-state index in [1.807, 2.05) is 71.1 Å². The van der Waals surface area contributed by atoms with Crippen LogP contribution in [0, 0.1) is 3.70 Å². The van der Waals surface area contributed by atoms with Crippen molar-refractivity contribution in [1.82, 2.24) is 15.0 Å². The fourth-order valence-corrected chi connectivity index (χ4v) is 4.02. The third-order valence-corrected chi connectivity index (χ3v) is 6.73. The summed E-state index contributed by atoms with van der Waals surface area (Å²) < 4.78 is 13.4. The minimum absolute atomic E-state index is 0.0872. The fraction of sp³-hybridized carbons (Fsp3) is 0.417. The Hall–Kier alpha value is -1.92. The van der Waals surface area contributed by atoms with Crippen molar-refractivity contribution in [3.8, 4) is 11.5 Å². The zero-order valence-electron chi connectivity index (χ0n) is 19.1. The lowest BCUT2D eigenvalue weighted by Crippen LogP contribution is -2.25. The lowest BCUT2D eigenvalue weighted by Gasteiger charge is -2.26. The van der Waals surface area contributed by atoms with Gasteiger partial charge in [-0.2, -0.15) is 0 Å². The van der Waals surface area contributed by atoms with E-state index in [9.17, 15) is 15.3 Å². The van der Waals surface area contributed by atoms with Crippen molar-refractivity contribution in [2.45, 2.75) is 44.6 Å². The van der Waals surface area contributed by atoms with E-state index in [1.165, 1.54) is 4.68 Å². The van der Waals surface area contributed by atoms with Gasteiger partial charge in [-0.15, -0.1) is 16.7 Å². The van der Waals surface area contributed by atoms with Gasteiger partial charge < -0.3 is 24.8 Å². The topological polar surface area (TPSA) is 110 Å². The van der Waals surface area contributed by atoms with Crippen molar-refractivity contribution in [2.75, 3.05) is 19.1 Å². The summed E-state index contributed by atoms with van der Waals surface area (Å²) in [6.07, 6.45) is -1.49. The second-order valence-electron chi connectivity index (χ2n) is 8.42. The van der Waals surface area contributed by atoms with Crippen LogP contribution in [-0.4, -0.2) is 61.6 Å². The Bertz CT molecular complexity index is 1040. The molecule has 0 fully saturated rings. The molecule has 0 aliphatic heterocycles. The van der Waals surface area contributed by atoms with Gasteiger partial charge in [0.2, 0.25) is 0 Å². The van der Waals surface area contributed by atoms with Crippen LogP contribution in [0.4, 0.5) is 0 Å². The molecule has 0 aliphatic carbocycles. The minimum atomic E-state index is -0.801. The summed E-state index contributed by atoms with van der Waals surface area (Å²) in [5, 5.41) is 37.1. The van der Waals surface area contributed by atoms with Crippen LogP contribution in [0.2, 0.25) is 0 Å². The van der Waals surface area contributed by atoms with Gasteiger partial charge >= 0.3 is 0 Å². The molecule has 0 saturated heterocycles. The fourth-order valence-electron chi connectivity index (χ4n) is 3.39. The molecule has 10 heteroatoms. The quantitative estimate of drug-likeness (QED) is 0.217. The van der Waals surface area contributed by atoms with Crippen molar-refractivity contribution >= 4 is 34.2 Å². The van der Waals surface area contributed by atoms with Crippen LogP contribution in [0.25, 0.3) is 0 Å². The molecule has 8 nitrogen and oxygen atoms in total. The largest absolute Gasteiger partial charge is 0.491 e. The van der Waals surface area contributed by atoms with Crippen molar-refractivity contribution in [3.63, 3.8) is 0 Å². The average Bonchev–Trinajstić information content (AvgIpc) is 3.20. The van der Waals surface area contributed by atoms with Gasteiger partial charge in [-0.05, 0) is 58.0 Å². The van der Waals surface area contributed by atoms with Crippen LogP contribution in [0.15, 0.2) is 48.5 Å². The molecule has 1 heterocycles. The lowest BCUT2D eigenvalue weighted by atomic mass is 9.78. The normalized spacial score (nSPS) is 13.5. The molecule has 0 aliphatic rings. The van der Waals surface area contributed by atoms with Gasteiger partial charge in [-0.3, -0.25) is 0 Å². The van der Waals surface area contributed by atoms with Gasteiger partial charge in [0, 0.05) is 5.41 Å². The summed E-state index contributed by atoms with van der Waals surface area (Å²) in [5.41, 5.74) is 2.54. The van der Waals surface area contributed by atoms with E-state index in [0.717, 1.165) is 11.1 Å². The van der Waals surface area contributed by atoms with Crippen molar-refractivity contribution in [3.05, 3.63) is 69.1 Å². The molecule has 34 heavy (non-hydrogen) atoms. The molecular formula is C24H29ClIN3O5. The SMILES string of the molecule is CC(C)(c1ccc(OC[C@H](O)CCl)cc1)c1ccc(OC[C@H](O)Cn2nnc([123I])c2CO)cc1. The predicted molar refractivity (Wildman–Crippen MR) is 137 cm³/mol. The molecule has 184 valence electrons. The molecule has 3 rings (SSSR count). The molecule has 2 aromatic carbocycles. The maximum Gasteiger partial charge on any atom is 0.149 e. The van der Waals surface area contributed by atoms with E-state index in [2.05, 4.69) is 24.2 Å². The standard InChI is InChI=1S/C24H29ClIN3O5/c1-24(2,16-3-7-20(8-4-16)33-14-18(31)11-25)17-5-9-21(10-6-17)34-15-19(32)12-29-22(13-30)23(26)27-28-29/h3-10,18-19,30-32H,11-15H2,1-2H3/t18-,19-/m1/s1/i26-4. The van der Waals surface area contributed by atoms with Crippen LogP contribution in [0.1, 0.15) is 30.7 Å². The highest BCUT2D eigenvalue weighted by Crippen LogP contribution is 2.33. The van der Waals surface area contributed by atoms with E-state index in [4.69, 9.17) is 21.1 Å². The van der Waals surface area contributed by atoms with Crippen molar-refractivity contribution < 1.29 is 24.8 Å². The highest BCUT2D eigenvalue weighted by atomic mass is 123. The van der Waals surface area contributed by atoms with E-state index >= 15 is 0 Å². The zero-order chi connectivity index (χ0) is 24.7. The number of ether oxygens (including phenoxy) is 2. The smallest absolute Gasteiger partial charge is 0.149 e. The first-order valence-corrected chi connectivity index (χ1v) is 12.4. The molecule has 3 aromatic rings. The van der Waals surface area contributed by atoms with E-state index in [-0.39, 0.29) is 37.7 Å². The van der Waals surface area contributed by atoms with Gasteiger partial charge in [0.1, 0.15) is 40.6 Å². The third kappa shape index (κ3) is 6.82. The summed E-state index contributed by atoms with van der Waals surface area (Å²) in [4.78, 5) is 0. The summed E-state index contributed by atoms with van der Waals surface area (Å²) in [6, 6.07) is 15.6. The van der Waals surface area contributed by atoms with Crippen LogP contribution >= 0.6 is 34.2 Å². The summed E-state index contributed by atoms with van der Waals surface area (Å²) >= 11 is 7.59. The first kappa shape index (κ1) is 26.7. The zero-order valence-corrected chi connectivity index (χ0v) is 22.0. The Morgan fingerprint density at radius 2 is 1.44 bits per heavy atom. The van der Waals surface area contributed by atoms with Crippen molar-refractivity contribution in [2.24, 2.45) is 0 Å². The number of benzene rings is 2. The van der Waals surface area contributed by atoms with Gasteiger partial charge in [0.05, 0.1) is 24.7 Å². The molecule has 0 bridgehead atoms.